The minimum Gasteiger partial charge on any atom is -0.496 e. The molecule has 5 heteroatoms. The molecule has 5 nitrogen and oxygen atoms in total. The van der Waals surface area contributed by atoms with Crippen molar-refractivity contribution in [2.24, 2.45) is 12.8 Å². The molecule has 0 bridgehead atoms. The molecule has 1 heterocycles. The van der Waals surface area contributed by atoms with E-state index >= 15 is 0 Å². The second-order valence-corrected chi connectivity index (χ2v) is 4.67. The van der Waals surface area contributed by atoms with Gasteiger partial charge in [0.25, 0.3) is 0 Å². The van der Waals surface area contributed by atoms with Gasteiger partial charge >= 0.3 is 0 Å². The predicted molar refractivity (Wildman–Crippen MR) is 78.0 cm³/mol. The summed E-state index contributed by atoms with van der Waals surface area (Å²) in [5, 5.41) is 4.16. The molecule has 0 spiro atoms. The zero-order valence-corrected chi connectivity index (χ0v) is 12.2. The Kier molecular flexibility index (Phi) is 4.63. The highest BCUT2D eigenvalue weighted by molar-refractivity contribution is 5.46. The molecular weight excluding hydrogens is 254 g/mol. The van der Waals surface area contributed by atoms with E-state index in [9.17, 15) is 0 Å². The third-order valence-electron chi connectivity index (χ3n) is 3.47. The van der Waals surface area contributed by atoms with Gasteiger partial charge in [-0.15, -0.1) is 0 Å². The first-order valence-electron chi connectivity index (χ1n) is 6.60. The fourth-order valence-electron chi connectivity index (χ4n) is 2.34. The first kappa shape index (κ1) is 14.4. The van der Waals surface area contributed by atoms with Gasteiger partial charge in [0.1, 0.15) is 11.5 Å². The van der Waals surface area contributed by atoms with Crippen molar-refractivity contribution >= 4 is 0 Å². The molecule has 2 N–H and O–H groups in total. The summed E-state index contributed by atoms with van der Waals surface area (Å²) in [6.45, 7) is 0. The molecule has 0 amide bonds. The van der Waals surface area contributed by atoms with Crippen LogP contribution in [0.1, 0.15) is 23.7 Å². The van der Waals surface area contributed by atoms with Gasteiger partial charge in [-0.3, -0.25) is 4.68 Å². The van der Waals surface area contributed by atoms with Crippen LogP contribution < -0.4 is 15.2 Å². The van der Waals surface area contributed by atoms with Crippen LogP contribution in [-0.4, -0.2) is 24.0 Å². The molecule has 0 saturated heterocycles. The van der Waals surface area contributed by atoms with Crippen molar-refractivity contribution in [1.82, 2.24) is 9.78 Å². The average molecular weight is 275 g/mol. The number of nitrogens with two attached hydrogens (primary N) is 1. The van der Waals surface area contributed by atoms with Gasteiger partial charge in [-0.1, -0.05) is 6.07 Å². The van der Waals surface area contributed by atoms with Crippen LogP contribution in [0.2, 0.25) is 0 Å². The molecule has 1 aromatic carbocycles. The Balaban J connectivity index is 2.16. The normalized spacial score (nSPS) is 12.2. The van der Waals surface area contributed by atoms with E-state index < -0.39 is 0 Å². The largest absolute Gasteiger partial charge is 0.496 e. The van der Waals surface area contributed by atoms with Crippen LogP contribution in [0.4, 0.5) is 0 Å². The lowest BCUT2D eigenvalue weighted by molar-refractivity contribution is 0.377. The van der Waals surface area contributed by atoms with Crippen LogP contribution in [-0.2, 0) is 13.5 Å². The summed E-state index contributed by atoms with van der Waals surface area (Å²) in [6.07, 6.45) is 3.46. The fraction of sp³-hybridized carbons (Fsp3) is 0.400. The fourth-order valence-corrected chi connectivity index (χ4v) is 2.34. The second kappa shape index (κ2) is 6.43. The van der Waals surface area contributed by atoms with Gasteiger partial charge in [-0.25, -0.2) is 0 Å². The van der Waals surface area contributed by atoms with Crippen molar-refractivity contribution in [2.75, 3.05) is 14.2 Å². The van der Waals surface area contributed by atoms with E-state index in [2.05, 4.69) is 5.10 Å². The lowest BCUT2D eigenvalue weighted by atomic mass is 9.99. The zero-order chi connectivity index (χ0) is 14.5. The summed E-state index contributed by atoms with van der Waals surface area (Å²) in [4.78, 5) is 0. The van der Waals surface area contributed by atoms with Crippen molar-refractivity contribution in [3.8, 4) is 11.5 Å². The summed E-state index contributed by atoms with van der Waals surface area (Å²) in [6, 6.07) is 7.57. The van der Waals surface area contributed by atoms with E-state index in [1.165, 1.54) is 0 Å². The van der Waals surface area contributed by atoms with Crippen molar-refractivity contribution < 1.29 is 9.47 Å². The topological polar surface area (TPSA) is 62.3 Å². The van der Waals surface area contributed by atoms with Gasteiger partial charge < -0.3 is 15.2 Å². The monoisotopic (exact) mass is 275 g/mol. The molecule has 0 aliphatic heterocycles. The van der Waals surface area contributed by atoms with Gasteiger partial charge in [0.2, 0.25) is 0 Å². The minimum atomic E-state index is -0.143. The molecular formula is C15H21N3O2. The lowest BCUT2D eigenvalue weighted by Crippen LogP contribution is -2.14. The number of benzene rings is 1. The van der Waals surface area contributed by atoms with E-state index in [4.69, 9.17) is 15.2 Å². The van der Waals surface area contributed by atoms with Gasteiger partial charge in [-0.2, -0.15) is 5.10 Å². The summed E-state index contributed by atoms with van der Waals surface area (Å²) in [7, 11) is 5.22. The maximum atomic E-state index is 6.32. The van der Waals surface area contributed by atoms with Crippen LogP contribution in [0.5, 0.6) is 11.5 Å². The molecule has 1 aromatic heterocycles. The molecule has 108 valence electrons. The van der Waals surface area contributed by atoms with E-state index in [-0.39, 0.29) is 6.04 Å². The third kappa shape index (κ3) is 2.93. The van der Waals surface area contributed by atoms with Crippen LogP contribution in [0, 0.1) is 0 Å². The number of ether oxygens (including phenoxy) is 2. The summed E-state index contributed by atoms with van der Waals surface area (Å²) >= 11 is 0. The minimum absolute atomic E-state index is 0.143. The predicted octanol–water partition coefficient (Wildman–Crippen LogP) is 2.07. The number of hydrogen-bond donors (Lipinski definition) is 1. The Labute approximate surface area is 119 Å². The van der Waals surface area contributed by atoms with Gasteiger partial charge in [0.15, 0.2) is 0 Å². The molecule has 0 radical (unpaired) electrons. The number of aromatic nitrogens is 2. The first-order valence-corrected chi connectivity index (χ1v) is 6.60. The van der Waals surface area contributed by atoms with E-state index in [1.54, 1.807) is 20.4 Å². The van der Waals surface area contributed by atoms with E-state index in [0.29, 0.717) is 0 Å². The van der Waals surface area contributed by atoms with Crippen molar-refractivity contribution in [1.29, 1.82) is 0 Å². The number of rotatable bonds is 6. The summed E-state index contributed by atoms with van der Waals surface area (Å²) in [5.74, 6) is 1.53. The molecule has 2 rings (SSSR count). The summed E-state index contributed by atoms with van der Waals surface area (Å²) in [5.41, 5.74) is 8.40. The number of nitrogens with zero attached hydrogens (tertiary/aromatic N) is 2. The van der Waals surface area contributed by atoms with Crippen LogP contribution >= 0.6 is 0 Å². The second-order valence-electron chi connectivity index (χ2n) is 4.67. The van der Waals surface area contributed by atoms with Gasteiger partial charge in [0, 0.05) is 25.0 Å². The Bertz CT molecular complexity index is 544. The standard InChI is InChI=1S/C15H21N3O2/c1-18-11(9-10-17-18)7-8-12(16)15-13(19-2)5-4-6-14(15)20-3/h4-6,9-10,12H,7-8,16H2,1-3H3. The third-order valence-corrected chi connectivity index (χ3v) is 3.47. The van der Waals surface area contributed by atoms with Crippen molar-refractivity contribution in [3.05, 3.63) is 41.7 Å². The SMILES string of the molecule is COc1cccc(OC)c1C(N)CCc1ccnn1C. The molecule has 1 atom stereocenters. The highest BCUT2D eigenvalue weighted by atomic mass is 16.5. The zero-order valence-electron chi connectivity index (χ0n) is 12.2. The quantitative estimate of drug-likeness (QED) is 0.876. The van der Waals surface area contributed by atoms with Crippen LogP contribution in [0.3, 0.4) is 0 Å². The Morgan fingerprint density at radius 3 is 2.35 bits per heavy atom. The lowest BCUT2D eigenvalue weighted by Gasteiger charge is -2.18. The molecule has 0 aliphatic rings. The van der Waals surface area contributed by atoms with Gasteiger partial charge in [-0.05, 0) is 31.0 Å². The molecule has 20 heavy (non-hydrogen) atoms. The van der Waals surface area contributed by atoms with Gasteiger partial charge in [0.05, 0.1) is 19.8 Å². The highest BCUT2D eigenvalue weighted by Gasteiger charge is 2.17. The Morgan fingerprint density at radius 1 is 1.20 bits per heavy atom. The highest BCUT2D eigenvalue weighted by Crippen LogP contribution is 2.34. The average Bonchev–Trinajstić information content (AvgIpc) is 2.89. The van der Waals surface area contributed by atoms with E-state index in [1.807, 2.05) is 36.0 Å². The number of aryl methyl sites for hydroxylation is 2. The molecule has 0 aliphatic carbocycles. The number of hydrogen-bond acceptors (Lipinski definition) is 4. The number of methoxy groups -OCH3 is 2. The first-order chi connectivity index (χ1) is 9.67. The molecule has 0 saturated carbocycles. The maximum Gasteiger partial charge on any atom is 0.127 e. The molecule has 2 aromatic rings. The van der Waals surface area contributed by atoms with Crippen molar-refractivity contribution in [3.63, 3.8) is 0 Å². The van der Waals surface area contributed by atoms with Crippen LogP contribution in [0.15, 0.2) is 30.5 Å². The maximum absolute atomic E-state index is 6.32. The van der Waals surface area contributed by atoms with Crippen molar-refractivity contribution in [2.45, 2.75) is 18.9 Å². The molecule has 1 unspecified atom stereocenters. The smallest absolute Gasteiger partial charge is 0.127 e. The van der Waals surface area contributed by atoms with E-state index in [0.717, 1.165) is 35.6 Å². The Morgan fingerprint density at radius 2 is 1.85 bits per heavy atom. The molecule has 0 fully saturated rings. The van der Waals surface area contributed by atoms with Crippen LogP contribution in [0.25, 0.3) is 0 Å². The Hall–Kier alpha value is -2.01. The summed E-state index contributed by atoms with van der Waals surface area (Å²) < 4.78 is 12.7.